The van der Waals surface area contributed by atoms with Gasteiger partial charge < -0.3 is 10.2 Å². The highest BCUT2D eigenvalue weighted by molar-refractivity contribution is 5.61. The van der Waals surface area contributed by atoms with E-state index >= 15 is 0 Å². The van der Waals surface area contributed by atoms with Crippen LogP contribution in [0.25, 0.3) is 0 Å². The fraction of sp³-hybridized carbons (Fsp3) is 0.421. The van der Waals surface area contributed by atoms with E-state index in [2.05, 4.69) is 22.3 Å². The molecule has 0 radical (unpaired) electrons. The molecule has 7 heteroatoms. The zero-order valence-electron chi connectivity index (χ0n) is 14.6. The first-order valence-corrected chi connectivity index (χ1v) is 8.62. The Labute approximate surface area is 151 Å². The van der Waals surface area contributed by atoms with Crippen LogP contribution in [0.2, 0.25) is 0 Å². The van der Waals surface area contributed by atoms with E-state index in [1.54, 1.807) is 6.20 Å². The molecule has 1 unspecified atom stereocenters. The normalized spacial score (nSPS) is 16.8. The minimum absolute atomic E-state index is 0.285. The summed E-state index contributed by atoms with van der Waals surface area (Å²) in [4.78, 5) is 2.01. The summed E-state index contributed by atoms with van der Waals surface area (Å²) in [5, 5.41) is 7.66. The van der Waals surface area contributed by atoms with Crippen LogP contribution in [0.15, 0.2) is 36.5 Å². The van der Waals surface area contributed by atoms with Crippen LogP contribution in [-0.2, 0) is 12.7 Å². The average molecular weight is 362 g/mol. The van der Waals surface area contributed by atoms with Crippen LogP contribution >= 0.6 is 0 Å². The van der Waals surface area contributed by atoms with E-state index in [1.165, 1.54) is 12.1 Å². The van der Waals surface area contributed by atoms with Gasteiger partial charge in [-0.3, -0.25) is 0 Å². The van der Waals surface area contributed by atoms with Crippen LogP contribution in [0.3, 0.4) is 0 Å². The molecular formula is C19H21F3N4. The minimum atomic E-state index is -4.33. The maximum absolute atomic E-state index is 12.8. The number of fused-ring (bicyclic) bond motifs is 1. The van der Waals surface area contributed by atoms with Gasteiger partial charge >= 0.3 is 6.18 Å². The van der Waals surface area contributed by atoms with Crippen LogP contribution in [-0.4, -0.2) is 29.4 Å². The molecule has 0 saturated carbocycles. The van der Waals surface area contributed by atoms with Crippen molar-refractivity contribution in [1.29, 1.82) is 0 Å². The summed E-state index contributed by atoms with van der Waals surface area (Å²) in [6, 6.07) is 7.16. The Morgan fingerprint density at radius 1 is 1.15 bits per heavy atom. The Kier molecular flexibility index (Phi) is 5.52. The molecule has 1 aromatic heterocycles. The molecular weight excluding hydrogens is 341 g/mol. The van der Waals surface area contributed by atoms with E-state index in [4.69, 9.17) is 0 Å². The molecule has 1 N–H and O–H groups in total. The van der Waals surface area contributed by atoms with Crippen molar-refractivity contribution in [3.05, 3.63) is 42.1 Å². The van der Waals surface area contributed by atoms with Gasteiger partial charge in [-0.15, -0.1) is 5.92 Å². The molecule has 1 aliphatic heterocycles. The van der Waals surface area contributed by atoms with Crippen molar-refractivity contribution >= 4 is 11.5 Å². The van der Waals surface area contributed by atoms with Crippen LogP contribution < -0.4 is 10.2 Å². The number of hydrogen-bond donors (Lipinski definition) is 1. The van der Waals surface area contributed by atoms with Gasteiger partial charge in [0, 0.05) is 43.7 Å². The van der Waals surface area contributed by atoms with Crippen LogP contribution in [0.1, 0.15) is 18.9 Å². The smallest absolute Gasteiger partial charge is 0.326 e. The zero-order valence-corrected chi connectivity index (χ0v) is 14.6. The molecule has 0 spiro atoms. The van der Waals surface area contributed by atoms with Crippen molar-refractivity contribution in [2.75, 3.05) is 24.5 Å². The summed E-state index contributed by atoms with van der Waals surface area (Å²) in [6.45, 7) is 4.90. The Balaban J connectivity index is 1.74. The number of hydrogen-bond acceptors (Lipinski definition) is 3. The van der Waals surface area contributed by atoms with Crippen molar-refractivity contribution in [3.63, 3.8) is 0 Å². The predicted molar refractivity (Wildman–Crippen MR) is 95.1 cm³/mol. The number of rotatable bonds is 4. The van der Waals surface area contributed by atoms with Gasteiger partial charge in [-0.05, 0) is 24.3 Å². The molecule has 2 aromatic rings. The second-order valence-electron chi connectivity index (χ2n) is 6.23. The highest BCUT2D eigenvalue weighted by Gasteiger charge is 2.31. The topological polar surface area (TPSA) is 33.1 Å². The number of nitrogens with one attached hydrogen (secondary N) is 1. The Hall–Kier alpha value is -2.46. The maximum atomic E-state index is 12.8. The molecule has 0 bridgehead atoms. The van der Waals surface area contributed by atoms with Gasteiger partial charge in [-0.1, -0.05) is 12.8 Å². The number of benzene rings is 1. The third-order valence-electron chi connectivity index (χ3n) is 4.30. The number of alkyl halides is 3. The van der Waals surface area contributed by atoms with Crippen molar-refractivity contribution in [1.82, 2.24) is 15.1 Å². The summed E-state index contributed by atoms with van der Waals surface area (Å²) in [5.74, 6) is 7.25. The van der Waals surface area contributed by atoms with E-state index in [-0.39, 0.29) is 5.92 Å². The fourth-order valence-corrected chi connectivity index (χ4v) is 3.07. The van der Waals surface area contributed by atoms with Crippen LogP contribution in [0.4, 0.5) is 24.7 Å². The van der Waals surface area contributed by atoms with E-state index in [1.807, 2.05) is 22.6 Å². The summed E-state index contributed by atoms with van der Waals surface area (Å²) >= 11 is 0. The van der Waals surface area contributed by atoms with Crippen molar-refractivity contribution in [2.24, 2.45) is 5.92 Å². The van der Waals surface area contributed by atoms with Gasteiger partial charge in [-0.2, -0.15) is 18.3 Å². The van der Waals surface area contributed by atoms with Crippen molar-refractivity contribution in [3.8, 4) is 11.8 Å². The van der Waals surface area contributed by atoms with E-state index < -0.39 is 11.7 Å². The Morgan fingerprint density at radius 3 is 2.62 bits per heavy atom. The first-order valence-electron chi connectivity index (χ1n) is 8.62. The van der Waals surface area contributed by atoms with Gasteiger partial charge in [0.25, 0.3) is 0 Å². The predicted octanol–water partition coefficient (Wildman–Crippen LogP) is 3.67. The second-order valence-corrected chi connectivity index (χ2v) is 6.23. The molecule has 0 amide bonds. The summed E-state index contributed by atoms with van der Waals surface area (Å²) in [6.07, 6.45) is -1.77. The van der Waals surface area contributed by atoms with Gasteiger partial charge in [0.1, 0.15) is 5.82 Å². The lowest BCUT2D eigenvalue weighted by Crippen LogP contribution is -2.40. The first kappa shape index (κ1) is 18.3. The highest BCUT2D eigenvalue weighted by atomic mass is 19.4. The second kappa shape index (κ2) is 7.83. The van der Waals surface area contributed by atoms with Crippen molar-refractivity contribution in [2.45, 2.75) is 26.1 Å². The average Bonchev–Trinajstić information content (AvgIpc) is 3.09. The zero-order chi connectivity index (χ0) is 18.6. The molecule has 4 nitrogen and oxygen atoms in total. The molecule has 1 aliphatic rings. The standard InChI is InChI=1S/C19H21F3N4/c1-2-3-4-10-23-12-15-13-25(18-9-11-24-26(18)14-15)17-7-5-16(6-8-17)19(20,21)22/h5-9,11,15,23H,2,10,12-14H2,1H3. The third kappa shape index (κ3) is 4.20. The number of nitrogens with zero attached hydrogens (tertiary/aromatic N) is 3. The van der Waals surface area contributed by atoms with E-state index in [0.717, 1.165) is 43.1 Å². The molecule has 1 aromatic carbocycles. The number of aromatic nitrogens is 2. The lowest BCUT2D eigenvalue weighted by molar-refractivity contribution is -0.137. The van der Waals surface area contributed by atoms with Crippen LogP contribution in [0, 0.1) is 17.8 Å². The van der Waals surface area contributed by atoms with E-state index in [0.29, 0.717) is 13.1 Å². The summed E-state index contributed by atoms with van der Waals surface area (Å²) in [7, 11) is 0. The summed E-state index contributed by atoms with van der Waals surface area (Å²) in [5.41, 5.74) is 0.0923. The minimum Gasteiger partial charge on any atom is -0.326 e. The van der Waals surface area contributed by atoms with Gasteiger partial charge in [0.05, 0.1) is 18.3 Å². The van der Waals surface area contributed by atoms with Crippen LogP contribution in [0.5, 0.6) is 0 Å². The summed E-state index contributed by atoms with van der Waals surface area (Å²) < 4.78 is 40.3. The molecule has 138 valence electrons. The maximum Gasteiger partial charge on any atom is 0.416 e. The van der Waals surface area contributed by atoms with Gasteiger partial charge in [-0.25, -0.2) is 4.68 Å². The number of halogens is 3. The van der Waals surface area contributed by atoms with Gasteiger partial charge in [0.15, 0.2) is 0 Å². The molecule has 2 heterocycles. The molecule has 0 saturated heterocycles. The molecule has 0 fully saturated rings. The Bertz CT molecular complexity index is 784. The molecule has 3 rings (SSSR count). The Morgan fingerprint density at radius 2 is 1.92 bits per heavy atom. The number of anilines is 2. The van der Waals surface area contributed by atoms with E-state index in [9.17, 15) is 13.2 Å². The SMILES string of the molecule is CCC#CCNCC1CN(c2ccc(C(F)(F)F)cc2)c2ccnn2C1. The molecule has 26 heavy (non-hydrogen) atoms. The first-order chi connectivity index (χ1) is 12.5. The largest absolute Gasteiger partial charge is 0.416 e. The fourth-order valence-electron chi connectivity index (χ4n) is 3.07. The lowest BCUT2D eigenvalue weighted by Gasteiger charge is -2.35. The van der Waals surface area contributed by atoms with Crippen molar-refractivity contribution < 1.29 is 13.2 Å². The monoisotopic (exact) mass is 362 g/mol. The highest BCUT2D eigenvalue weighted by Crippen LogP contribution is 2.34. The molecule has 1 atom stereocenters. The molecule has 0 aliphatic carbocycles. The quantitative estimate of drug-likeness (QED) is 0.665. The lowest BCUT2D eigenvalue weighted by atomic mass is 10.1. The third-order valence-corrected chi connectivity index (χ3v) is 4.30. The van der Waals surface area contributed by atoms with Gasteiger partial charge in [0.2, 0.25) is 0 Å².